The molecule has 0 aliphatic carbocycles. The van der Waals surface area contributed by atoms with Crippen molar-refractivity contribution in [2.75, 3.05) is 20.0 Å². The fourth-order valence-electron chi connectivity index (χ4n) is 1.90. The highest BCUT2D eigenvalue weighted by atomic mass is 16.5. The van der Waals surface area contributed by atoms with E-state index < -0.39 is 0 Å². The van der Waals surface area contributed by atoms with Gasteiger partial charge in [-0.3, -0.25) is 5.10 Å². The SMILES string of the molecule is COc1cc(-c2cc(N)n[nH]2)c(OC)cc1OC(C)C. The van der Waals surface area contributed by atoms with E-state index in [0.717, 1.165) is 11.3 Å². The molecule has 1 aromatic carbocycles. The number of nitrogens with two attached hydrogens (primary N) is 1. The molecule has 6 nitrogen and oxygen atoms in total. The first-order valence-corrected chi connectivity index (χ1v) is 6.29. The van der Waals surface area contributed by atoms with Crippen LogP contribution in [0.3, 0.4) is 0 Å². The number of benzene rings is 1. The summed E-state index contributed by atoms with van der Waals surface area (Å²) < 4.78 is 16.5. The molecule has 0 bridgehead atoms. The van der Waals surface area contributed by atoms with Crippen LogP contribution in [0, 0.1) is 0 Å². The Morgan fingerprint density at radius 1 is 1.05 bits per heavy atom. The fourth-order valence-corrected chi connectivity index (χ4v) is 1.90. The van der Waals surface area contributed by atoms with Crippen LogP contribution >= 0.6 is 0 Å². The van der Waals surface area contributed by atoms with E-state index in [2.05, 4.69) is 10.2 Å². The number of nitrogen functional groups attached to an aromatic ring is 1. The number of hydrogen-bond acceptors (Lipinski definition) is 5. The van der Waals surface area contributed by atoms with Gasteiger partial charge >= 0.3 is 0 Å². The lowest BCUT2D eigenvalue weighted by atomic mass is 10.1. The molecule has 108 valence electrons. The first-order chi connectivity index (χ1) is 9.55. The number of nitrogens with zero attached hydrogens (tertiary/aromatic N) is 1. The third-order valence-electron chi connectivity index (χ3n) is 2.74. The molecule has 2 aromatic rings. The highest BCUT2D eigenvalue weighted by Crippen LogP contribution is 2.40. The van der Waals surface area contributed by atoms with Crippen LogP contribution in [-0.2, 0) is 0 Å². The number of aromatic amines is 1. The Morgan fingerprint density at radius 3 is 2.25 bits per heavy atom. The number of nitrogens with one attached hydrogen (secondary N) is 1. The molecule has 2 rings (SSSR count). The summed E-state index contributed by atoms with van der Waals surface area (Å²) in [5, 5.41) is 6.78. The molecular formula is C14H19N3O3. The molecule has 1 aromatic heterocycles. The maximum absolute atomic E-state index is 5.72. The van der Waals surface area contributed by atoms with Gasteiger partial charge in [-0.2, -0.15) is 5.10 Å². The Hall–Kier alpha value is -2.37. The standard InChI is InChI=1S/C14H19N3O3/c1-8(2)20-13-7-11(18-3)9(5-12(13)19-4)10-6-14(15)17-16-10/h5-8H,1-4H3,(H3,15,16,17). The van der Waals surface area contributed by atoms with Gasteiger partial charge in [-0.05, 0) is 19.9 Å². The van der Waals surface area contributed by atoms with Crippen molar-refractivity contribution in [1.29, 1.82) is 0 Å². The van der Waals surface area contributed by atoms with E-state index in [1.54, 1.807) is 26.4 Å². The lowest BCUT2D eigenvalue weighted by molar-refractivity contribution is 0.229. The molecule has 0 atom stereocenters. The van der Waals surface area contributed by atoms with Gasteiger partial charge in [-0.25, -0.2) is 0 Å². The first kappa shape index (κ1) is 14.0. The van der Waals surface area contributed by atoms with Crippen LogP contribution in [0.5, 0.6) is 17.2 Å². The van der Waals surface area contributed by atoms with Crippen LogP contribution in [0.4, 0.5) is 5.82 Å². The quantitative estimate of drug-likeness (QED) is 0.877. The third kappa shape index (κ3) is 2.79. The van der Waals surface area contributed by atoms with Gasteiger partial charge in [-0.1, -0.05) is 0 Å². The van der Waals surface area contributed by atoms with Crippen molar-refractivity contribution in [2.45, 2.75) is 20.0 Å². The van der Waals surface area contributed by atoms with Crippen molar-refractivity contribution in [3.63, 3.8) is 0 Å². The minimum atomic E-state index is 0.0438. The third-order valence-corrected chi connectivity index (χ3v) is 2.74. The molecule has 0 aliphatic heterocycles. The van der Waals surface area contributed by atoms with Gasteiger partial charge in [0.25, 0.3) is 0 Å². The maximum atomic E-state index is 5.72. The van der Waals surface area contributed by atoms with Gasteiger partial charge in [0, 0.05) is 17.7 Å². The topological polar surface area (TPSA) is 82.4 Å². The van der Waals surface area contributed by atoms with E-state index >= 15 is 0 Å². The van der Waals surface area contributed by atoms with Crippen LogP contribution in [0.2, 0.25) is 0 Å². The molecule has 20 heavy (non-hydrogen) atoms. The van der Waals surface area contributed by atoms with Crippen molar-refractivity contribution < 1.29 is 14.2 Å². The number of methoxy groups -OCH3 is 2. The van der Waals surface area contributed by atoms with Gasteiger partial charge in [-0.15, -0.1) is 0 Å². The maximum Gasteiger partial charge on any atom is 0.165 e. The molecule has 0 radical (unpaired) electrons. The second-order valence-electron chi connectivity index (χ2n) is 4.58. The molecule has 0 saturated heterocycles. The fraction of sp³-hybridized carbons (Fsp3) is 0.357. The van der Waals surface area contributed by atoms with E-state index in [9.17, 15) is 0 Å². The van der Waals surface area contributed by atoms with E-state index in [1.165, 1.54) is 0 Å². The number of anilines is 1. The first-order valence-electron chi connectivity index (χ1n) is 6.29. The molecule has 0 aliphatic rings. The zero-order valence-electron chi connectivity index (χ0n) is 12.1. The second-order valence-corrected chi connectivity index (χ2v) is 4.58. The Balaban J connectivity index is 2.52. The van der Waals surface area contributed by atoms with Crippen LogP contribution in [0.15, 0.2) is 18.2 Å². The summed E-state index contributed by atoms with van der Waals surface area (Å²) in [6, 6.07) is 5.37. The van der Waals surface area contributed by atoms with Crippen LogP contribution < -0.4 is 19.9 Å². The summed E-state index contributed by atoms with van der Waals surface area (Å²) in [7, 11) is 3.20. The zero-order chi connectivity index (χ0) is 14.7. The molecule has 0 unspecified atom stereocenters. The number of ether oxygens (including phenoxy) is 3. The van der Waals surface area contributed by atoms with Gasteiger partial charge in [0.05, 0.1) is 26.0 Å². The molecular weight excluding hydrogens is 258 g/mol. The highest BCUT2D eigenvalue weighted by Gasteiger charge is 2.16. The van der Waals surface area contributed by atoms with Crippen molar-refractivity contribution in [3.05, 3.63) is 18.2 Å². The average Bonchev–Trinajstić information content (AvgIpc) is 2.84. The number of H-pyrrole nitrogens is 1. The highest BCUT2D eigenvalue weighted by molar-refractivity contribution is 5.73. The summed E-state index contributed by atoms with van der Waals surface area (Å²) in [6.45, 7) is 3.91. The molecule has 6 heteroatoms. The number of aromatic nitrogens is 2. The van der Waals surface area contributed by atoms with E-state index in [1.807, 2.05) is 19.9 Å². The van der Waals surface area contributed by atoms with Gasteiger partial charge < -0.3 is 19.9 Å². The summed E-state index contributed by atoms with van der Waals surface area (Å²) in [5.74, 6) is 2.34. The summed E-state index contributed by atoms with van der Waals surface area (Å²) in [6.07, 6.45) is 0.0438. The van der Waals surface area contributed by atoms with E-state index in [0.29, 0.717) is 23.1 Å². The molecule has 0 spiro atoms. The predicted octanol–water partition coefficient (Wildman–Crippen LogP) is 2.46. The zero-order valence-corrected chi connectivity index (χ0v) is 12.1. The van der Waals surface area contributed by atoms with Crippen LogP contribution in [0.1, 0.15) is 13.8 Å². The molecule has 3 N–H and O–H groups in total. The van der Waals surface area contributed by atoms with Crippen LogP contribution in [-0.4, -0.2) is 30.5 Å². The van der Waals surface area contributed by atoms with Crippen molar-refractivity contribution >= 4 is 5.82 Å². The second kappa shape index (κ2) is 5.73. The predicted molar refractivity (Wildman–Crippen MR) is 77.3 cm³/mol. The smallest absolute Gasteiger partial charge is 0.165 e. The van der Waals surface area contributed by atoms with Gasteiger partial charge in [0.15, 0.2) is 11.5 Å². The van der Waals surface area contributed by atoms with E-state index in [-0.39, 0.29) is 6.10 Å². The summed E-state index contributed by atoms with van der Waals surface area (Å²) in [4.78, 5) is 0. The lowest BCUT2D eigenvalue weighted by Crippen LogP contribution is -2.07. The van der Waals surface area contributed by atoms with Crippen LogP contribution in [0.25, 0.3) is 11.3 Å². The molecule has 0 saturated carbocycles. The Kier molecular flexibility index (Phi) is 4.02. The lowest BCUT2D eigenvalue weighted by Gasteiger charge is -2.16. The summed E-state index contributed by atoms with van der Waals surface area (Å²) >= 11 is 0. The molecule has 1 heterocycles. The van der Waals surface area contributed by atoms with Crippen molar-refractivity contribution in [2.24, 2.45) is 0 Å². The average molecular weight is 277 g/mol. The molecule has 0 fully saturated rings. The van der Waals surface area contributed by atoms with E-state index in [4.69, 9.17) is 19.9 Å². The van der Waals surface area contributed by atoms with Crippen molar-refractivity contribution in [3.8, 4) is 28.5 Å². The van der Waals surface area contributed by atoms with Gasteiger partial charge in [0.1, 0.15) is 11.6 Å². The summed E-state index contributed by atoms with van der Waals surface area (Å²) in [5.41, 5.74) is 7.20. The monoisotopic (exact) mass is 277 g/mol. The minimum absolute atomic E-state index is 0.0438. The Morgan fingerprint density at radius 2 is 1.75 bits per heavy atom. The number of rotatable bonds is 5. The van der Waals surface area contributed by atoms with Crippen molar-refractivity contribution in [1.82, 2.24) is 10.2 Å². The molecule has 0 amide bonds. The Bertz CT molecular complexity index is 593. The normalized spacial score (nSPS) is 10.7. The Labute approximate surface area is 117 Å². The minimum Gasteiger partial charge on any atom is -0.496 e. The number of hydrogen-bond donors (Lipinski definition) is 2. The van der Waals surface area contributed by atoms with Gasteiger partial charge in [0.2, 0.25) is 0 Å². The largest absolute Gasteiger partial charge is 0.496 e.